The summed E-state index contributed by atoms with van der Waals surface area (Å²) in [6.45, 7) is 0.652. The summed E-state index contributed by atoms with van der Waals surface area (Å²) in [5.74, 6) is -0.163. The number of ether oxygens (including phenoxy) is 1. The van der Waals surface area contributed by atoms with Crippen LogP contribution in [-0.4, -0.2) is 51.7 Å². The van der Waals surface area contributed by atoms with Gasteiger partial charge in [-0.2, -0.15) is 9.40 Å². The summed E-state index contributed by atoms with van der Waals surface area (Å²) >= 11 is 0. The van der Waals surface area contributed by atoms with Crippen LogP contribution in [0.2, 0.25) is 0 Å². The molecule has 2 heterocycles. The van der Waals surface area contributed by atoms with E-state index in [9.17, 15) is 13.2 Å². The fourth-order valence-electron chi connectivity index (χ4n) is 2.80. The van der Waals surface area contributed by atoms with Gasteiger partial charge >= 0.3 is 5.97 Å². The highest BCUT2D eigenvalue weighted by Crippen LogP contribution is 2.25. The Labute approximate surface area is 151 Å². The van der Waals surface area contributed by atoms with Gasteiger partial charge in [-0.15, -0.1) is 0 Å². The van der Waals surface area contributed by atoms with Crippen LogP contribution < -0.4 is 4.74 Å². The first kappa shape index (κ1) is 18.3. The van der Waals surface area contributed by atoms with Crippen molar-refractivity contribution in [3.05, 3.63) is 36.4 Å². The molecule has 9 nitrogen and oxygen atoms in total. The number of carboxylic acid groups (broad SMARTS) is 1. The van der Waals surface area contributed by atoms with Gasteiger partial charge in [-0.1, -0.05) is 0 Å². The van der Waals surface area contributed by atoms with Gasteiger partial charge in [0.1, 0.15) is 18.7 Å². The average Bonchev–Trinajstić information content (AvgIpc) is 3.05. The van der Waals surface area contributed by atoms with E-state index in [1.807, 2.05) is 0 Å². The topological polar surface area (TPSA) is 115 Å². The number of carboxylic acids is 1. The number of piperidine rings is 1. The van der Waals surface area contributed by atoms with E-state index in [0.29, 0.717) is 24.4 Å². The van der Waals surface area contributed by atoms with E-state index >= 15 is 0 Å². The smallest absolute Gasteiger partial charge is 0.306 e. The molecule has 1 aromatic carbocycles. The van der Waals surface area contributed by atoms with Crippen molar-refractivity contribution in [3.8, 4) is 5.75 Å². The molecule has 0 amide bonds. The van der Waals surface area contributed by atoms with Gasteiger partial charge in [0.05, 0.1) is 10.8 Å². The summed E-state index contributed by atoms with van der Waals surface area (Å²) in [5, 5.41) is 13.0. The molecular formula is C16H20N4O5S. The number of nitrogens with zero attached hydrogens (tertiary/aromatic N) is 4. The fraction of sp³-hybridized carbons (Fsp3) is 0.438. The first-order valence-corrected chi connectivity index (χ1v) is 9.60. The SMILES string of the molecule is Cn1ncnc1COc1ccc(S(=O)(=O)N2CCC(C(=O)O)CC2)cc1. The number of hydrogen-bond donors (Lipinski definition) is 1. The molecule has 0 atom stereocenters. The maximum atomic E-state index is 12.7. The number of aliphatic carboxylic acids is 1. The molecule has 1 aliphatic rings. The Morgan fingerprint density at radius 1 is 1.27 bits per heavy atom. The Hall–Kier alpha value is -2.46. The summed E-state index contributed by atoms with van der Waals surface area (Å²) in [4.78, 5) is 15.2. The molecule has 26 heavy (non-hydrogen) atoms. The fourth-order valence-corrected chi connectivity index (χ4v) is 4.27. The standard InChI is InChI=1S/C16H20N4O5S/c1-19-15(17-11-18-19)10-25-13-2-4-14(5-3-13)26(23,24)20-8-6-12(7-9-20)16(21)22/h2-5,11-12H,6-10H2,1H3,(H,21,22). The molecular weight excluding hydrogens is 360 g/mol. The van der Waals surface area contributed by atoms with Crippen molar-refractivity contribution in [2.24, 2.45) is 13.0 Å². The minimum atomic E-state index is -3.63. The van der Waals surface area contributed by atoms with E-state index in [1.165, 1.54) is 22.8 Å². The zero-order chi connectivity index (χ0) is 18.7. The molecule has 2 aromatic rings. The predicted octanol–water partition coefficient (Wildman–Crippen LogP) is 0.879. The normalized spacial score (nSPS) is 16.5. The third-order valence-corrected chi connectivity index (χ3v) is 6.35. The lowest BCUT2D eigenvalue weighted by atomic mass is 9.99. The lowest BCUT2D eigenvalue weighted by molar-refractivity contribution is -0.142. The highest BCUT2D eigenvalue weighted by atomic mass is 32.2. The van der Waals surface area contributed by atoms with Crippen molar-refractivity contribution < 1.29 is 23.1 Å². The van der Waals surface area contributed by atoms with Crippen molar-refractivity contribution in [3.63, 3.8) is 0 Å². The molecule has 1 fully saturated rings. The summed E-state index contributed by atoms with van der Waals surface area (Å²) in [6.07, 6.45) is 2.09. The Morgan fingerprint density at radius 3 is 2.46 bits per heavy atom. The van der Waals surface area contributed by atoms with Crippen LogP contribution in [0.4, 0.5) is 0 Å². The Morgan fingerprint density at radius 2 is 1.92 bits per heavy atom. The summed E-state index contributed by atoms with van der Waals surface area (Å²) < 4.78 is 33.9. The molecule has 0 aliphatic carbocycles. The zero-order valence-electron chi connectivity index (χ0n) is 14.3. The molecule has 0 saturated carbocycles. The molecule has 0 radical (unpaired) electrons. The molecule has 1 N–H and O–H groups in total. The number of carbonyl (C=O) groups is 1. The van der Waals surface area contributed by atoms with Gasteiger partial charge in [-0.05, 0) is 37.1 Å². The van der Waals surface area contributed by atoms with Crippen LogP contribution in [-0.2, 0) is 28.5 Å². The highest BCUT2D eigenvalue weighted by Gasteiger charge is 2.31. The van der Waals surface area contributed by atoms with Crippen LogP contribution >= 0.6 is 0 Å². The van der Waals surface area contributed by atoms with Crippen molar-refractivity contribution in [2.45, 2.75) is 24.3 Å². The van der Waals surface area contributed by atoms with E-state index in [0.717, 1.165) is 0 Å². The van der Waals surface area contributed by atoms with Crippen LogP contribution in [0.5, 0.6) is 5.75 Å². The molecule has 1 aromatic heterocycles. The van der Waals surface area contributed by atoms with Gasteiger partial charge in [-0.25, -0.2) is 13.4 Å². The predicted molar refractivity (Wildman–Crippen MR) is 90.9 cm³/mol. The van der Waals surface area contributed by atoms with E-state index in [2.05, 4.69) is 10.1 Å². The maximum absolute atomic E-state index is 12.7. The minimum Gasteiger partial charge on any atom is -0.486 e. The summed E-state index contributed by atoms with van der Waals surface area (Å²) in [6, 6.07) is 6.16. The minimum absolute atomic E-state index is 0.164. The first-order chi connectivity index (χ1) is 12.4. The van der Waals surface area contributed by atoms with Gasteiger partial charge in [0.15, 0.2) is 5.82 Å². The van der Waals surface area contributed by atoms with E-state index in [4.69, 9.17) is 9.84 Å². The molecule has 140 valence electrons. The molecule has 0 spiro atoms. The van der Waals surface area contributed by atoms with E-state index in [1.54, 1.807) is 23.9 Å². The van der Waals surface area contributed by atoms with Gasteiger partial charge < -0.3 is 9.84 Å². The maximum Gasteiger partial charge on any atom is 0.306 e. The van der Waals surface area contributed by atoms with Crippen molar-refractivity contribution in [2.75, 3.05) is 13.1 Å². The quantitative estimate of drug-likeness (QED) is 0.791. The number of benzene rings is 1. The van der Waals surface area contributed by atoms with E-state index in [-0.39, 0.29) is 24.6 Å². The third kappa shape index (κ3) is 3.86. The molecule has 1 aliphatic heterocycles. The highest BCUT2D eigenvalue weighted by molar-refractivity contribution is 7.89. The van der Waals surface area contributed by atoms with Gasteiger partial charge in [-0.3, -0.25) is 9.48 Å². The van der Waals surface area contributed by atoms with Crippen molar-refractivity contribution >= 4 is 16.0 Å². The van der Waals surface area contributed by atoms with Crippen LogP contribution in [0.25, 0.3) is 0 Å². The number of sulfonamides is 1. The van der Waals surface area contributed by atoms with Crippen LogP contribution in [0.3, 0.4) is 0 Å². The number of aryl methyl sites for hydroxylation is 1. The zero-order valence-corrected chi connectivity index (χ0v) is 15.1. The second-order valence-corrected chi connectivity index (χ2v) is 8.01. The van der Waals surface area contributed by atoms with Gasteiger partial charge in [0, 0.05) is 20.1 Å². The summed E-state index contributed by atoms with van der Waals surface area (Å²) in [7, 11) is -1.88. The van der Waals surface area contributed by atoms with Crippen LogP contribution in [0.1, 0.15) is 18.7 Å². The molecule has 3 rings (SSSR count). The van der Waals surface area contributed by atoms with Gasteiger partial charge in [0.2, 0.25) is 10.0 Å². The van der Waals surface area contributed by atoms with Crippen LogP contribution in [0, 0.1) is 5.92 Å². The Kier molecular flexibility index (Phi) is 5.23. The average molecular weight is 380 g/mol. The lowest BCUT2D eigenvalue weighted by Gasteiger charge is -2.29. The number of hydrogen-bond acceptors (Lipinski definition) is 6. The largest absolute Gasteiger partial charge is 0.486 e. The van der Waals surface area contributed by atoms with Crippen molar-refractivity contribution in [1.29, 1.82) is 0 Å². The van der Waals surface area contributed by atoms with Crippen molar-refractivity contribution in [1.82, 2.24) is 19.1 Å². The molecule has 0 unspecified atom stereocenters. The van der Waals surface area contributed by atoms with E-state index < -0.39 is 21.9 Å². The monoisotopic (exact) mass is 380 g/mol. The second kappa shape index (κ2) is 7.42. The Bertz CT molecular complexity index is 870. The summed E-state index contributed by atoms with van der Waals surface area (Å²) in [5.41, 5.74) is 0. The molecule has 1 saturated heterocycles. The Balaban J connectivity index is 1.64. The molecule has 0 bridgehead atoms. The van der Waals surface area contributed by atoms with Gasteiger partial charge in [0.25, 0.3) is 0 Å². The lowest BCUT2D eigenvalue weighted by Crippen LogP contribution is -2.40. The number of rotatable bonds is 6. The third-order valence-electron chi connectivity index (χ3n) is 4.44. The first-order valence-electron chi connectivity index (χ1n) is 8.16. The van der Waals surface area contributed by atoms with Crippen LogP contribution in [0.15, 0.2) is 35.5 Å². The molecule has 10 heteroatoms. The second-order valence-electron chi connectivity index (χ2n) is 6.08. The number of aromatic nitrogens is 3.